The van der Waals surface area contributed by atoms with Crippen LogP contribution in [0.1, 0.15) is 37.2 Å². The zero-order valence-electron chi connectivity index (χ0n) is 20.0. The van der Waals surface area contributed by atoms with Gasteiger partial charge in [0.15, 0.2) is 23.8 Å². The summed E-state index contributed by atoms with van der Waals surface area (Å²) in [5.74, 6) is 0.448. The average molecular weight is 481 g/mol. The summed E-state index contributed by atoms with van der Waals surface area (Å²) in [5.41, 5.74) is 2.19. The van der Waals surface area contributed by atoms with Gasteiger partial charge in [0.05, 0.1) is 35.6 Å². The molecule has 2 aliphatic heterocycles. The molecule has 1 saturated heterocycles. The molecule has 3 aromatic rings. The van der Waals surface area contributed by atoms with Crippen molar-refractivity contribution < 1.29 is 28.5 Å². The van der Waals surface area contributed by atoms with Gasteiger partial charge in [-0.1, -0.05) is 0 Å². The van der Waals surface area contributed by atoms with Gasteiger partial charge in [-0.25, -0.2) is 14.5 Å². The fourth-order valence-electron chi connectivity index (χ4n) is 4.26. The zero-order chi connectivity index (χ0) is 24.5. The number of nitrogens with zero attached hydrogens (tertiary/aromatic N) is 4. The third-order valence-electron chi connectivity index (χ3n) is 6.03. The Morgan fingerprint density at radius 3 is 2.71 bits per heavy atom. The maximum Gasteiger partial charge on any atom is 0.339 e. The molecule has 10 nitrogen and oxygen atoms in total. The Kier molecular flexibility index (Phi) is 6.29. The van der Waals surface area contributed by atoms with Crippen LogP contribution in [0.3, 0.4) is 0 Å². The van der Waals surface area contributed by atoms with Gasteiger partial charge in [0.25, 0.3) is 5.91 Å². The Balaban J connectivity index is 1.46. The fraction of sp³-hybridized carbons (Fsp3) is 0.440. The SMILES string of the molecule is CC1CN(C(=O)COC(=O)c2cc(-c3ccc4c(c3)OCCO4)nc3c2cnn3C(C)C)CCO1. The van der Waals surface area contributed by atoms with E-state index >= 15 is 0 Å². The number of pyridine rings is 1. The van der Waals surface area contributed by atoms with Gasteiger partial charge in [-0.15, -0.1) is 0 Å². The largest absolute Gasteiger partial charge is 0.486 e. The summed E-state index contributed by atoms with van der Waals surface area (Å²) in [7, 11) is 0. The lowest BCUT2D eigenvalue weighted by atomic mass is 10.1. The molecule has 4 heterocycles. The normalized spacial score (nSPS) is 17.6. The molecule has 35 heavy (non-hydrogen) atoms. The van der Waals surface area contributed by atoms with Crippen LogP contribution in [0.5, 0.6) is 11.5 Å². The van der Waals surface area contributed by atoms with E-state index in [1.54, 1.807) is 21.8 Å². The highest BCUT2D eigenvalue weighted by molar-refractivity contribution is 6.04. The number of amides is 1. The quantitative estimate of drug-likeness (QED) is 0.514. The second-order valence-corrected chi connectivity index (χ2v) is 8.93. The Morgan fingerprint density at radius 1 is 1.14 bits per heavy atom. The van der Waals surface area contributed by atoms with Crippen molar-refractivity contribution in [3.05, 3.63) is 36.0 Å². The minimum atomic E-state index is -0.603. The fourth-order valence-corrected chi connectivity index (χ4v) is 4.26. The summed E-state index contributed by atoms with van der Waals surface area (Å²) < 4.78 is 24.0. The first-order valence-corrected chi connectivity index (χ1v) is 11.8. The Bertz CT molecular complexity index is 1270. The van der Waals surface area contributed by atoms with Gasteiger partial charge in [0, 0.05) is 24.7 Å². The Labute approximate surface area is 202 Å². The van der Waals surface area contributed by atoms with Gasteiger partial charge in [0.2, 0.25) is 0 Å². The molecule has 2 aromatic heterocycles. The molecule has 1 fully saturated rings. The molecule has 10 heteroatoms. The van der Waals surface area contributed by atoms with Gasteiger partial charge < -0.3 is 23.8 Å². The summed E-state index contributed by atoms with van der Waals surface area (Å²) in [6.45, 7) is 7.95. The molecule has 0 saturated carbocycles. The number of carbonyl (C=O) groups is 2. The number of ether oxygens (including phenoxy) is 4. The van der Waals surface area contributed by atoms with E-state index in [1.165, 1.54) is 0 Å². The number of hydrogen-bond donors (Lipinski definition) is 0. The number of fused-ring (bicyclic) bond motifs is 2. The van der Waals surface area contributed by atoms with Crippen molar-refractivity contribution in [3.8, 4) is 22.8 Å². The number of esters is 1. The monoisotopic (exact) mass is 480 g/mol. The first-order chi connectivity index (χ1) is 16.9. The van der Waals surface area contributed by atoms with E-state index < -0.39 is 5.97 Å². The predicted molar refractivity (Wildman–Crippen MR) is 127 cm³/mol. The predicted octanol–water partition coefficient (Wildman–Crippen LogP) is 2.85. The van der Waals surface area contributed by atoms with Crippen LogP contribution in [-0.2, 0) is 14.3 Å². The summed E-state index contributed by atoms with van der Waals surface area (Å²) in [4.78, 5) is 32.2. The van der Waals surface area contributed by atoms with Crippen molar-refractivity contribution >= 4 is 22.9 Å². The van der Waals surface area contributed by atoms with E-state index in [4.69, 9.17) is 23.9 Å². The van der Waals surface area contributed by atoms with Crippen LogP contribution >= 0.6 is 0 Å². The highest BCUT2D eigenvalue weighted by Gasteiger charge is 2.25. The van der Waals surface area contributed by atoms with Gasteiger partial charge in [-0.2, -0.15) is 5.10 Å². The van der Waals surface area contributed by atoms with Crippen molar-refractivity contribution in [2.24, 2.45) is 0 Å². The molecule has 5 rings (SSSR count). The van der Waals surface area contributed by atoms with Gasteiger partial charge in [0.1, 0.15) is 13.2 Å². The average Bonchev–Trinajstić information content (AvgIpc) is 3.30. The summed E-state index contributed by atoms with van der Waals surface area (Å²) in [6, 6.07) is 7.25. The van der Waals surface area contributed by atoms with Crippen LogP contribution in [0.2, 0.25) is 0 Å². The van der Waals surface area contributed by atoms with E-state index in [1.807, 2.05) is 39.0 Å². The topological polar surface area (TPSA) is 105 Å². The first-order valence-electron chi connectivity index (χ1n) is 11.8. The van der Waals surface area contributed by atoms with Crippen molar-refractivity contribution in [2.45, 2.75) is 32.9 Å². The second kappa shape index (κ2) is 9.53. The molecule has 1 unspecified atom stereocenters. The lowest BCUT2D eigenvalue weighted by Crippen LogP contribution is -2.46. The van der Waals surface area contributed by atoms with Crippen LogP contribution in [0.25, 0.3) is 22.3 Å². The maximum absolute atomic E-state index is 13.2. The van der Waals surface area contributed by atoms with Crippen LogP contribution < -0.4 is 9.47 Å². The summed E-state index contributed by atoms with van der Waals surface area (Å²) >= 11 is 0. The third-order valence-corrected chi connectivity index (χ3v) is 6.03. The summed E-state index contributed by atoms with van der Waals surface area (Å²) in [5, 5.41) is 5.00. The zero-order valence-corrected chi connectivity index (χ0v) is 20.0. The Hall–Kier alpha value is -3.66. The molecular weight excluding hydrogens is 452 g/mol. The number of carbonyl (C=O) groups excluding carboxylic acids is 2. The molecule has 2 aliphatic rings. The minimum Gasteiger partial charge on any atom is -0.486 e. The van der Waals surface area contributed by atoms with Crippen molar-refractivity contribution in [1.29, 1.82) is 0 Å². The number of hydrogen-bond acceptors (Lipinski definition) is 8. The van der Waals surface area contributed by atoms with Gasteiger partial charge in [-0.3, -0.25) is 4.79 Å². The van der Waals surface area contributed by atoms with E-state index in [9.17, 15) is 9.59 Å². The molecule has 0 spiro atoms. The van der Waals surface area contributed by atoms with Crippen molar-refractivity contribution in [2.75, 3.05) is 39.5 Å². The lowest BCUT2D eigenvalue weighted by Gasteiger charge is -2.30. The number of rotatable bonds is 5. The minimum absolute atomic E-state index is 0.0317. The van der Waals surface area contributed by atoms with E-state index in [0.29, 0.717) is 66.7 Å². The maximum atomic E-state index is 13.2. The van der Waals surface area contributed by atoms with Crippen molar-refractivity contribution in [1.82, 2.24) is 19.7 Å². The van der Waals surface area contributed by atoms with Crippen LogP contribution in [0.4, 0.5) is 0 Å². The molecular formula is C25H28N4O6. The summed E-state index contributed by atoms with van der Waals surface area (Å²) in [6.07, 6.45) is 1.57. The molecule has 0 N–H and O–H groups in total. The van der Waals surface area contributed by atoms with E-state index in [0.717, 1.165) is 5.56 Å². The van der Waals surface area contributed by atoms with Crippen molar-refractivity contribution in [3.63, 3.8) is 0 Å². The van der Waals surface area contributed by atoms with Gasteiger partial charge >= 0.3 is 5.97 Å². The molecule has 0 radical (unpaired) electrons. The smallest absolute Gasteiger partial charge is 0.339 e. The molecule has 184 valence electrons. The molecule has 0 bridgehead atoms. The Morgan fingerprint density at radius 2 is 1.94 bits per heavy atom. The highest BCUT2D eigenvalue weighted by Crippen LogP contribution is 2.35. The second-order valence-electron chi connectivity index (χ2n) is 8.93. The molecule has 1 atom stereocenters. The molecule has 1 aromatic carbocycles. The van der Waals surface area contributed by atoms with E-state index in [-0.39, 0.29) is 24.7 Å². The standard InChI is InChI=1S/C25H28N4O6/c1-15(2)29-24-19(12-26-29)18(25(31)35-14-23(30)28-6-7-32-16(3)13-28)11-20(27-24)17-4-5-21-22(10-17)34-9-8-33-21/h4-5,10-12,15-16H,6-9,13-14H2,1-3H3. The van der Waals surface area contributed by atoms with Crippen LogP contribution in [0.15, 0.2) is 30.5 Å². The highest BCUT2D eigenvalue weighted by atomic mass is 16.6. The lowest BCUT2D eigenvalue weighted by molar-refractivity contribution is -0.141. The number of benzene rings is 1. The van der Waals surface area contributed by atoms with Crippen LogP contribution in [-0.4, -0.2) is 77.2 Å². The molecule has 1 amide bonds. The molecule has 0 aliphatic carbocycles. The number of morpholine rings is 1. The van der Waals surface area contributed by atoms with E-state index in [2.05, 4.69) is 5.10 Å². The number of aromatic nitrogens is 3. The van der Waals surface area contributed by atoms with Crippen LogP contribution in [0, 0.1) is 0 Å². The first kappa shape index (κ1) is 23.1. The third kappa shape index (κ3) is 4.66. The van der Waals surface area contributed by atoms with Gasteiger partial charge in [-0.05, 0) is 45.0 Å².